The van der Waals surface area contributed by atoms with E-state index in [4.69, 9.17) is 9.84 Å². The SMILES string of the molecule is O=C(O)NCC1CN(Cc2ccccc2)CCO1. The van der Waals surface area contributed by atoms with Crippen molar-refractivity contribution in [3.05, 3.63) is 35.9 Å². The molecule has 1 unspecified atom stereocenters. The smallest absolute Gasteiger partial charge is 0.404 e. The van der Waals surface area contributed by atoms with Gasteiger partial charge in [0.05, 0.1) is 12.7 Å². The lowest BCUT2D eigenvalue weighted by molar-refractivity contribution is -0.0293. The number of nitrogens with zero attached hydrogens (tertiary/aromatic N) is 1. The molecule has 5 heteroatoms. The van der Waals surface area contributed by atoms with Gasteiger partial charge in [0.25, 0.3) is 0 Å². The molecular weight excluding hydrogens is 232 g/mol. The van der Waals surface area contributed by atoms with Gasteiger partial charge in [-0.15, -0.1) is 0 Å². The van der Waals surface area contributed by atoms with Gasteiger partial charge >= 0.3 is 6.09 Å². The maximum atomic E-state index is 10.4. The van der Waals surface area contributed by atoms with Crippen molar-refractivity contribution in [2.24, 2.45) is 0 Å². The molecule has 0 spiro atoms. The Labute approximate surface area is 106 Å². The quantitative estimate of drug-likeness (QED) is 0.841. The van der Waals surface area contributed by atoms with Crippen LogP contribution in [0.5, 0.6) is 0 Å². The number of hydrogen-bond donors (Lipinski definition) is 2. The molecule has 98 valence electrons. The molecule has 0 saturated carbocycles. The molecule has 1 aliphatic rings. The number of morpholine rings is 1. The van der Waals surface area contributed by atoms with Crippen LogP contribution in [0.25, 0.3) is 0 Å². The summed E-state index contributed by atoms with van der Waals surface area (Å²) in [5.41, 5.74) is 1.27. The zero-order valence-electron chi connectivity index (χ0n) is 10.2. The average Bonchev–Trinajstić information content (AvgIpc) is 2.38. The van der Waals surface area contributed by atoms with Crippen LogP contribution >= 0.6 is 0 Å². The molecule has 1 aromatic carbocycles. The maximum Gasteiger partial charge on any atom is 0.404 e. The first kappa shape index (κ1) is 12.9. The Hall–Kier alpha value is -1.59. The normalized spacial score (nSPS) is 20.6. The van der Waals surface area contributed by atoms with Gasteiger partial charge in [0, 0.05) is 26.2 Å². The maximum absolute atomic E-state index is 10.4. The highest BCUT2D eigenvalue weighted by atomic mass is 16.5. The minimum absolute atomic E-state index is 0.0569. The summed E-state index contributed by atoms with van der Waals surface area (Å²) >= 11 is 0. The van der Waals surface area contributed by atoms with Crippen molar-refractivity contribution in [2.45, 2.75) is 12.6 Å². The van der Waals surface area contributed by atoms with Gasteiger partial charge in [-0.1, -0.05) is 30.3 Å². The fourth-order valence-electron chi connectivity index (χ4n) is 2.09. The molecule has 1 aromatic rings. The fourth-order valence-corrected chi connectivity index (χ4v) is 2.09. The number of ether oxygens (including phenoxy) is 1. The van der Waals surface area contributed by atoms with Crippen molar-refractivity contribution >= 4 is 6.09 Å². The van der Waals surface area contributed by atoms with E-state index in [1.54, 1.807) is 0 Å². The second kappa shape index (κ2) is 6.37. The molecular formula is C13H18N2O3. The molecule has 2 N–H and O–H groups in total. The van der Waals surface area contributed by atoms with Gasteiger partial charge in [-0.05, 0) is 5.56 Å². The molecule has 1 fully saturated rings. The predicted octanol–water partition coefficient (Wildman–Crippen LogP) is 1.15. The molecule has 1 atom stereocenters. The summed E-state index contributed by atoms with van der Waals surface area (Å²) in [6.07, 6.45) is -1.06. The van der Waals surface area contributed by atoms with Crippen molar-refractivity contribution in [2.75, 3.05) is 26.2 Å². The van der Waals surface area contributed by atoms with Gasteiger partial charge in [0.1, 0.15) is 0 Å². The lowest BCUT2D eigenvalue weighted by atomic mass is 10.2. The minimum atomic E-state index is -1.00. The van der Waals surface area contributed by atoms with E-state index in [9.17, 15) is 4.79 Å². The number of carboxylic acid groups (broad SMARTS) is 1. The Morgan fingerprint density at radius 2 is 2.22 bits per heavy atom. The highest BCUT2D eigenvalue weighted by Gasteiger charge is 2.20. The molecule has 0 bridgehead atoms. The molecule has 1 aliphatic heterocycles. The highest BCUT2D eigenvalue weighted by molar-refractivity contribution is 5.64. The first-order chi connectivity index (χ1) is 8.74. The van der Waals surface area contributed by atoms with Gasteiger partial charge in [-0.3, -0.25) is 4.90 Å². The predicted molar refractivity (Wildman–Crippen MR) is 67.5 cm³/mol. The van der Waals surface area contributed by atoms with Crippen LogP contribution in [0.3, 0.4) is 0 Å². The van der Waals surface area contributed by atoms with Crippen LogP contribution in [0.4, 0.5) is 4.79 Å². The van der Waals surface area contributed by atoms with Crippen LogP contribution in [0.15, 0.2) is 30.3 Å². The third-order valence-electron chi connectivity index (χ3n) is 2.95. The van der Waals surface area contributed by atoms with E-state index in [-0.39, 0.29) is 6.10 Å². The van der Waals surface area contributed by atoms with Gasteiger partial charge in [-0.2, -0.15) is 0 Å². The first-order valence-corrected chi connectivity index (χ1v) is 6.09. The van der Waals surface area contributed by atoms with Gasteiger partial charge in [0.2, 0.25) is 0 Å². The third-order valence-corrected chi connectivity index (χ3v) is 2.95. The number of hydrogen-bond acceptors (Lipinski definition) is 3. The monoisotopic (exact) mass is 250 g/mol. The van der Waals surface area contributed by atoms with Crippen LogP contribution in [0.2, 0.25) is 0 Å². The summed E-state index contributed by atoms with van der Waals surface area (Å²) < 4.78 is 5.53. The Bertz CT molecular complexity index is 383. The Kier molecular flexibility index (Phi) is 4.55. The lowest BCUT2D eigenvalue weighted by Gasteiger charge is -2.32. The highest BCUT2D eigenvalue weighted by Crippen LogP contribution is 2.09. The zero-order valence-corrected chi connectivity index (χ0v) is 10.2. The largest absolute Gasteiger partial charge is 0.465 e. The van der Waals surface area contributed by atoms with Gasteiger partial charge in [0.15, 0.2) is 0 Å². The number of amides is 1. The van der Waals surface area contributed by atoms with Crippen LogP contribution in [-0.2, 0) is 11.3 Å². The van der Waals surface area contributed by atoms with E-state index in [2.05, 4.69) is 22.3 Å². The van der Waals surface area contributed by atoms with Crippen LogP contribution in [0.1, 0.15) is 5.56 Å². The molecule has 1 saturated heterocycles. The van der Waals surface area contributed by atoms with Crippen molar-refractivity contribution in [1.29, 1.82) is 0 Å². The van der Waals surface area contributed by atoms with Crippen molar-refractivity contribution in [3.8, 4) is 0 Å². The number of nitrogens with one attached hydrogen (secondary N) is 1. The van der Waals surface area contributed by atoms with E-state index >= 15 is 0 Å². The van der Waals surface area contributed by atoms with E-state index in [0.29, 0.717) is 13.2 Å². The standard InChI is InChI=1S/C13H18N2O3/c16-13(17)14-8-12-10-15(6-7-18-12)9-11-4-2-1-3-5-11/h1-5,12,14H,6-10H2,(H,16,17). The second-order valence-electron chi connectivity index (χ2n) is 4.40. The summed E-state index contributed by atoms with van der Waals surface area (Å²) in [5.74, 6) is 0. The number of carbonyl (C=O) groups is 1. The van der Waals surface area contributed by atoms with E-state index in [0.717, 1.165) is 19.6 Å². The van der Waals surface area contributed by atoms with Crippen molar-refractivity contribution in [1.82, 2.24) is 10.2 Å². The zero-order chi connectivity index (χ0) is 12.8. The summed E-state index contributed by atoms with van der Waals surface area (Å²) in [5, 5.41) is 10.9. The fraction of sp³-hybridized carbons (Fsp3) is 0.462. The lowest BCUT2D eigenvalue weighted by Crippen LogP contribution is -2.46. The molecule has 2 rings (SSSR count). The topological polar surface area (TPSA) is 61.8 Å². The molecule has 0 aliphatic carbocycles. The van der Waals surface area contributed by atoms with Crippen molar-refractivity contribution < 1.29 is 14.6 Å². The summed E-state index contributed by atoms with van der Waals surface area (Å²) in [7, 11) is 0. The van der Waals surface area contributed by atoms with Crippen LogP contribution in [-0.4, -0.2) is 48.4 Å². The molecule has 1 amide bonds. The molecule has 0 aromatic heterocycles. The molecule has 1 heterocycles. The Morgan fingerprint density at radius 3 is 2.94 bits per heavy atom. The second-order valence-corrected chi connectivity index (χ2v) is 4.40. The van der Waals surface area contributed by atoms with E-state index in [1.807, 2.05) is 18.2 Å². The van der Waals surface area contributed by atoms with E-state index in [1.165, 1.54) is 5.56 Å². The summed E-state index contributed by atoms with van der Waals surface area (Å²) in [6, 6.07) is 10.3. The third kappa shape index (κ3) is 4.01. The molecule has 0 radical (unpaired) electrons. The Balaban J connectivity index is 1.81. The average molecular weight is 250 g/mol. The van der Waals surface area contributed by atoms with Crippen LogP contribution < -0.4 is 5.32 Å². The minimum Gasteiger partial charge on any atom is -0.465 e. The van der Waals surface area contributed by atoms with Gasteiger partial charge in [-0.25, -0.2) is 4.79 Å². The summed E-state index contributed by atoms with van der Waals surface area (Å²) in [6.45, 7) is 3.53. The molecule has 5 nitrogen and oxygen atoms in total. The number of benzene rings is 1. The first-order valence-electron chi connectivity index (χ1n) is 6.09. The van der Waals surface area contributed by atoms with Crippen LogP contribution in [0, 0.1) is 0 Å². The van der Waals surface area contributed by atoms with Gasteiger partial charge < -0.3 is 15.2 Å². The van der Waals surface area contributed by atoms with E-state index < -0.39 is 6.09 Å². The number of rotatable bonds is 4. The summed E-state index contributed by atoms with van der Waals surface area (Å²) in [4.78, 5) is 12.7. The van der Waals surface area contributed by atoms with Crippen molar-refractivity contribution in [3.63, 3.8) is 0 Å². The molecule has 18 heavy (non-hydrogen) atoms. The Morgan fingerprint density at radius 1 is 1.44 bits per heavy atom.